The van der Waals surface area contributed by atoms with Crippen LogP contribution in [0.4, 0.5) is 5.69 Å². The molecule has 1 N–H and O–H groups in total. The third-order valence-corrected chi connectivity index (χ3v) is 4.31. The molecule has 0 unspecified atom stereocenters. The Balaban J connectivity index is 1.68. The van der Waals surface area contributed by atoms with Gasteiger partial charge in [0.05, 0.1) is 12.3 Å². The van der Waals surface area contributed by atoms with Crippen molar-refractivity contribution in [2.45, 2.75) is 32.9 Å². The minimum Gasteiger partial charge on any atom is -0.377 e. The van der Waals surface area contributed by atoms with Gasteiger partial charge in [-0.05, 0) is 30.2 Å². The van der Waals surface area contributed by atoms with Crippen LogP contribution >= 0.6 is 0 Å². The quantitative estimate of drug-likeness (QED) is 0.820. The zero-order valence-corrected chi connectivity index (χ0v) is 15.4. The second kappa shape index (κ2) is 9.09. The first-order chi connectivity index (χ1) is 13.2. The van der Waals surface area contributed by atoms with E-state index in [1.165, 1.54) is 5.01 Å². The normalized spacial score (nSPS) is 14.0. The van der Waals surface area contributed by atoms with Crippen molar-refractivity contribution in [1.29, 1.82) is 0 Å². The number of benzene rings is 2. The molecule has 1 heterocycles. The van der Waals surface area contributed by atoms with Gasteiger partial charge in [0.1, 0.15) is 5.71 Å². The standard InChI is InChI=1S/C21H23N3O3/c1-2-27-15-17-9-7-6-8-16(17)14-22-21(26)19-12-13-20(25)24(23-19)18-10-4-3-5-11-18/h3-11H,2,12-15H2,1H3,(H,22,26). The van der Waals surface area contributed by atoms with E-state index in [0.29, 0.717) is 37.6 Å². The van der Waals surface area contributed by atoms with Crippen LogP contribution in [-0.2, 0) is 27.5 Å². The van der Waals surface area contributed by atoms with E-state index in [2.05, 4.69) is 10.4 Å². The Bertz CT molecular complexity index is 834. The predicted octanol–water partition coefficient (Wildman–Crippen LogP) is 3.02. The Labute approximate surface area is 158 Å². The molecule has 0 aliphatic carbocycles. The van der Waals surface area contributed by atoms with Gasteiger partial charge in [-0.1, -0.05) is 42.5 Å². The van der Waals surface area contributed by atoms with Crippen molar-refractivity contribution >= 4 is 23.2 Å². The zero-order valence-electron chi connectivity index (χ0n) is 15.4. The van der Waals surface area contributed by atoms with Gasteiger partial charge in [0.15, 0.2) is 0 Å². The number of para-hydroxylation sites is 1. The van der Waals surface area contributed by atoms with Crippen LogP contribution in [0.3, 0.4) is 0 Å². The minimum atomic E-state index is -0.255. The topological polar surface area (TPSA) is 71.0 Å². The number of hydrogen-bond acceptors (Lipinski definition) is 4. The lowest BCUT2D eigenvalue weighted by atomic mass is 10.1. The molecule has 0 saturated heterocycles. The lowest BCUT2D eigenvalue weighted by molar-refractivity contribution is -0.119. The van der Waals surface area contributed by atoms with Crippen LogP contribution in [0.15, 0.2) is 59.7 Å². The van der Waals surface area contributed by atoms with Crippen molar-refractivity contribution in [2.75, 3.05) is 11.6 Å². The molecule has 0 aromatic heterocycles. The van der Waals surface area contributed by atoms with Gasteiger partial charge >= 0.3 is 0 Å². The molecule has 0 spiro atoms. The van der Waals surface area contributed by atoms with E-state index in [9.17, 15) is 9.59 Å². The van der Waals surface area contributed by atoms with Gasteiger partial charge in [0, 0.05) is 26.0 Å². The summed E-state index contributed by atoms with van der Waals surface area (Å²) in [6.07, 6.45) is 0.608. The van der Waals surface area contributed by atoms with Crippen molar-refractivity contribution < 1.29 is 14.3 Å². The van der Waals surface area contributed by atoms with E-state index in [1.807, 2.05) is 49.4 Å². The summed E-state index contributed by atoms with van der Waals surface area (Å²) in [5.41, 5.74) is 3.08. The molecule has 1 aliphatic heterocycles. The van der Waals surface area contributed by atoms with Gasteiger partial charge in [0.25, 0.3) is 5.91 Å². The first-order valence-corrected chi connectivity index (χ1v) is 9.07. The Hall–Kier alpha value is -2.99. The maximum Gasteiger partial charge on any atom is 0.267 e. The summed E-state index contributed by atoms with van der Waals surface area (Å²) in [6.45, 7) is 3.49. The SMILES string of the molecule is CCOCc1ccccc1CNC(=O)C1=NN(c2ccccc2)C(=O)CC1. The molecule has 27 heavy (non-hydrogen) atoms. The fourth-order valence-corrected chi connectivity index (χ4v) is 2.85. The number of amides is 2. The van der Waals surface area contributed by atoms with Gasteiger partial charge in [-0.3, -0.25) is 9.59 Å². The fourth-order valence-electron chi connectivity index (χ4n) is 2.85. The Morgan fingerprint density at radius 2 is 1.78 bits per heavy atom. The Morgan fingerprint density at radius 3 is 2.52 bits per heavy atom. The molecular formula is C21H23N3O3. The highest BCUT2D eigenvalue weighted by molar-refractivity contribution is 6.40. The molecule has 0 atom stereocenters. The lowest BCUT2D eigenvalue weighted by Gasteiger charge is -2.23. The third-order valence-electron chi connectivity index (χ3n) is 4.31. The molecule has 140 valence electrons. The lowest BCUT2D eigenvalue weighted by Crippen LogP contribution is -2.39. The van der Waals surface area contributed by atoms with Gasteiger partial charge in [-0.15, -0.1) is 0 Å². The number of carbonyl (C=O) groups is 2. The zero-order chi connectivity index (χ0) is 19.1. The number of nitrogens with one attached hydrogen (secondary N) is 1. The maximum absolute atomic E-state index is 12.6. The largest absolute Gasteiger partial charge is 0.377 e. The highest BCUT2D eigenvalue weighted by Gasteiger charge is 2.25. The average Bonchev–Trinajstić information content (AvgIpc) is 2.72. The molecule has 0 radical (unpaired) electrons. The Kier molecular flexibility index (Phi) is 6.33. The second-order valence-corrected chi connectivity index (χ2v) is 6.18. The number of anilines is 1. The molecule has 1 aliphatic rings. The highest BCUT2D eigenvalue weighted by atomic mass is 16.5. The van der Waals surface area contributed by atoms with E-state index >= 15 is 0 Å². The summed E-state index contributed by atoms with van der Waals surface area (Å²) in [4.78, 5) is 24.7. The van der Waals surface area contributed by atoms with Crippen LogP contribution in [0.2, 0.25) is 0 Å². The van der Waals surface area contributed by atoms with Gasteiger partial charge in [-0.25, -0.2) is 5.01 Å². The predicted molar refractivity (Wildman–Crippen MR) is 104 cm³/mol. The molecule has 3 rings (SSSR count). The molecular weight excluding hydrogens is 342 g/mol. The monoisotopic (exact) mass is 365 g/mol. The van der Waals surface area contributed by atoms with Crippen LogP contribution in [0.1, 0.15) is 30.9 Å². The molecule has 0 saturated carbocycles. The van der Waals surface area contributed by atoms with Crippen LogP contribution < -0.4 is 10.3 Å². The van der Waals surface area contributed by atoms with Crippen molar-refractivity contribution in [3.05, 3.63) is 65.7 Å². The number of hydrazone groups is 1. The van der Waals surface area contributed by atoms with E-state index < -0.39 is 0 Å². The van der Waals surface area contributed by atoms with Crippen LogP contribution in [0, 0.1) is 0 Å². The van der Waals surface area contributed by atoms with Crippen LogP contribution in [0.25, 0.3) is 0 Å². The average molecular weight is 365 g/mol. The van der Waals surface area contributed by atoms with E-state index in [1.54, 1.807) is 12.1 Å². The third kappa shape index (κ3) is 4.80. The first-order valence-electron chi connectivity index (χ1n) is 9.07. The van der Waals surface area contributed by atoms with Crippen molar-refractivity contribution in [3.8, 4) is 0 Å². The minimum absolute atomic E-state index is 0.111. The Morgan fingerprint density at radius 1 is 1.07 bits per heavy atom. The summed E-state index contributed by atoms with van der Waals surface area (Å²) >= 11 is 0. The van der Waals surface area contributed by atoms with Gasteiger partial charge in [0.2, 0.25) is 5.91 Å². The number of ether oxygens (including phenoxy) is 1. The first kappa shape index (κ1) is 18.8. The second-order valence-electron chi connectivity index (χ2n) is 6.18. The van der Waals surface area contributed by atoms with Gasteiger partial charge in [-0.2, -0.15) is 5.10 Å². The number of hydrogen-bond donors (Lipinski definition) is 1. The van der Waals surface area contributed by atoms with E-state index in [4.69, 9.17) is 4.74 Å². The van der Waals surface area contributed by atoms with Crippen LogP contribution in [-0.4, -0.2) is 24.1 Å². The molecule has 0 bridgehead atoms. The number of rotatable bonds is 7. The van der Waals surface area contributed by atoms with Crippen LogP contribution in [0.5, 0.6) is 0 Å². The summed E-state index contributed by atoms with van der Waals surface area (Å²) < 4.78 is 5.48. The number of carbonyl (C=O) groups excluding carboxylic acids is 2. The molecule has 2 amide bonds. The smallest absolute Gasteiger partial charge is 0.267 e. The maximum atomic E-state index is 12.6. The van der Waals surface area contributed by atoms with E-state index in [-0.39, 0.29) is 18.2 Å². The number of nitrogens with zero attached hydrogens (tertiary/aromatic N) is 2. The summed E-state index contributed by atoms with van der Waals surface area (Å²) in [6, 6.07) is 17.0. The summed E-state index contributed by atoms with van der Waals surface area (Å²) in [5, 5.41) is 8.50. The summed E-state index contributed by atoms with van der Waals surface area (Å²) in [7, 11) is 0. The molecule has 6 heteroatoms. The molecule has 6 nitrogen and oxygen atoms in total. The molecule has 0 fully saturated rings. The van der Waals surface area contributed by atoms with Crippen molar-refractivity contribution in [3.63, 3.8) is 0 Å². The van der Waals surface area contributed by atoms with Gasteiger partial charge < -0.3 is 10.1 Å². The van der Waals surface area contributed by atoms with E-state index in [0.717, 1.165) is 11.1 Å². The molecule has 2 aromatic carbocycles. The highest BCUT2D eigenvalue weighted by Crippen LogP contribution is 2.19. The van der Waals surface area contributed by atoms with Crippen molar-refractivity contribution in [1.82, 2.24) is 5.32 Å². The summed E-state index contributed by atoms with van der Waals surface area (Å²) in [5.74, 6) is -0.366. The van der Waals surface area contributed by atoms with Crippen molar-refractivity contribution in [2.24, 2.45) is 5.10 Å². The molecule has 2 aromatic rings. The fraction of sp³-hybridized carbons (Fsp3) is 0.286.